The Labute approximate surface area is 101 Å². The average Bonchev–Trinajstić information content (AvgIpc) is 2.26. The second-order valence-corrected chi connectivity index (χ2v) is 4.00. The quantitative estimate of drug-likeness (QED) is 0.680. The normalized spacial score (nSPS) is 9.56. The summed E-state index contributed by atoms with van der Waals surface area (Å²) in [6, 6.07) is 4.71. The lowest BCUT2D eigenvalue weighted by Crippen LogP contribution is -2.04. The Hall–Kier alpha value is -1.61. The van der Waals surface area contributed by atoms with E-state index in [9.17, 15) is 10.1 Å². The van der Waals surface area contributed by atoms with E-state index in [4.69, 9.17) is 5.26 Å². The van der Waals surface area contributed by atoms with Crippen LogP contribution >= 0.6 is 15.9 Å². The lowest BCUT2D eigenvalue weighted by Gasteiger charge is -2.08. The van der Waals surface area contributed by atoms with Crippen LogP contribution in [0.25, 0.3) is 0 Å². The molecule has 0 aliphatic heterocycles. The number of hydrogen-bond acceptors (Lipinski definition) is 4. The summed E-state index contributed by atoms with van der Waals surface area (Å²) in [6.45, 7) is 2.61. The number of anilines is 1. The molecule has 0 spiro atoms. The van der Waals surface area contributed by atoms with Crippen LogP contribution in [0.15, 0.2) is 16.6 Å². The predicted octanol–water partition coefficient (Wildman–Crippen LogP) is 3.05. The van der Waals surface area contributed by atoms with Crippen LogP contribution in [0.2, 0.25) is 0 Å². The summed E-state index contributed by atoms with van der Waals surface area (Å²) in [5.74, 6) is 0. The van der Waals surface area contributed by atoms with Crippen LogP contribution in [-0.2, 0) is 0 Å². The average molecular weight is 284 g/mol. The fourth-order valence-corrected chi connectivity index (χ4v) is 1.82. The molecule has 5 nitrogen and oxygen atoms in total. The smallest absolute Gasteiger partial charge is 0.294 e. The van der Waals surface area contributed by atoms with E-state index in [0.29, 0.717) is 16.7 Å². The van der Waals surface area contributed by atoms with Crippen molar-refractivity contribution in [3.8, 4) is 6.07 Å². The van der Waals surface area contributed by atoms with Crippen LogP contribution in [-0.4, -0.2) is 11.5 Å². The molecule has 0 saturated heterocycles. The van der Waals surface area contributed by atoms with Gasteiger partial charge in [0.25, 0.3) is 5.69 Å². The molecule has 84 valence electrons. The van der Waals surface area contributed by atoms with E-state index in [0.717, 1.165) is 6.42 Å². The number of halogens is 1. The molecule has 16 heavy (non-hydrogen) atoms. The van der Waals surface area contributed by atoms with Crippen molar-refractivity contribution in [3.63, 3.8) is 0 Å². The zero-order valence-corrected chi connectivity index (χ0v) is 10.2. The minimum absolute atomic E-state index is 0.0839. The Balaban J connectivity index is 3.24. The van der Waals surface area contributed by atoms with Gasteiger partial charge in [0, 0.05) is 17.1 Å². The highest BCUT2D eigenvalue weighted by Crippen LogP contribution is 2.33. The first-order chi connectivity index (χ1) is 7.60. The van der Waals surface area contributed by atoms with Crippen molar-refractivity contribution in [1.29, 1.82) is 5.26 Å². The molecule has 0 unspecified atom stereocenters. The van der Waals surface area contributed by atoms with Crippen LogP contribution < -0.4 is 5.32 Å². The molecule has 0 amide bonds. The minimum Gasteiger partial charge on any atom is -0.379 e. The van der Waals surface area contributed by atoms with Crippen molar-refractivity contribution in [1.82, 2.24) is 0 Å². The van der Waals surface area contributed by atoms with Crippen LogP contribution in [0.1, 0.15) is 18.9 Å². The topological polar surface area (TPSA) is 79.0 Å². The third-order valence-electron chi connectivity index (χ3n) is 1.95. The molecule has 0 radical (unpaired) electrons. The maximum Gasteiger partial charge on any atom is 0.294 e. The first kappa shape index (κ1) is 12.5. The maximum atomic E-state index is 10.8. The van der Waals surface area contributed by atoms with Crippen LogP contribution in [0.4, 0.5) is 11.4 Å². The molecule has 0 fully saturated rings. The molecule has 1 rings (SSSR count). The Morgan fingerprint density at radius 1 is 1.62 bits per heavy atom. The number of hydrogen-bond donors (Lipinski definition) is 1. The summed E-state index contributed by atoms with van der Waals surface area (Å²) in [5, 5.41) is 22.5. The van der Waals surface area contributed by atoms with Gasteiger partial charge in [0.2, 0.25) is 0 Å². The van der Waals surface area contributed by atoms with E-state index in [-0.39, 0.29) is 11.3 Å². The second kappa shape index (κ2) is 5.47. The molecule has 6 heteroatoms. The third-order valence-corrected chi connectivity index (χ3v) is 2.57. The van der Waals surface area contributed by atoms with Gasteiger partial charge in [-0.05, 0) is 28.4 Å². The van der Waals surface area contributed by atoms with E-state index < -0.39 is 4.92 Å². The molecule has 0 atom stereocenters. The highest BCUT2D eigenvalue weighted by atomic mass is 79.9. The van der Waals surface area contributed by atoms with Gasteiger partial charge in [0.05, 0.1) is 16.6 Å². The summed E-state index contributed by atoms with van der Waals surface area (Å²) in [5.41, 5.74) is 0.603. The van der Waals surface area contributed by atoms with Crippen molar-refractivity contribution < 1.29 is 4.92 Å². The lowest BCUT2D eigenvalue weighted by atomic mass is 10.2. The molecule has 1 N–H and O–H groups in total. The number of nitrogens with one attached hydrogen (secondary N) is 1. The number of nitro benzene ring substituents is 1. The summed E-state index contributed by atoms with van der Waals surface area (Å²) < 4.78 is 0.534. The highest BCUT2D eigenvalue weighted by molar-refractivity contribution is 9.10. The molecular formula is C10H10BrN3O2. The zero-order valence-electron chi connectivity index (χ0n) is 8.66. The van der Waals surface area contributed by atoms with Gasteiger partial charge in [-0.2, -0.15) is 5.26 Å². The molecule has 1 aromatic carbocycles. The SMILES string of the molecule is CCCNc1c(Br)cc(C#N)cc1[N+](=O)[O-]. The van der Waals surface area contributed by atoms with Crippen LogP contribution in [0.5, 0.6) is 0 Å². The summed E-state index contributed by atoms with van der Waals surface area (Å²) in [7, 11) is 0. The largest absolute Gasteiger partial charge is 0.379 e. The van der Waals surface area contributed by atoms with Gasteiger partial charge < -0.3 is 5.32 Å². The van der Waals surface area contributed by atoms with Crippen molar-refractivity contribution in [2.24, 2.45) is 0 Å². The van der Waals surface area contributed by atoms with Crippen LogP contribution in [0, 0.1) is 21.4 Å². The van der Waals surface area contributed by atoms with E-state index in [1.807, 2.05) is 13.0 Å². The Bertz CT molecular complexity index is 454. The Morgan fingerprint density at radius 3 is 2.81 bits per heavy atom. The Kier molecular flexibility index (Phi) is 4.26. The van der Waals surface area contributed by atoms with Crippen molar-refractivity contribution in [2.45, 2.75) is 13.3 Å². The Morgan fingerprint density at radius 2 is 2.31 bits per heavy atom. The first-order valence-corrected chi connectivity index (χ1v) is 5.51. The predicted molar refractivity (Wildman–Crippen MR) is 64.3 cm³/mol. The summed E-state index contributed by atoms with van der Waals surface area (Å²) >= 11 is 3.22. The fraction of sp³-hybridized carbons (Fsp3) is 0.300. The van der Waals surface area contributed by atoms with Gasteiger partial charge in [-0.25, -0.2) is 0 Å². The van der Waals surface area contributed by atoms with E-state index in [2.05, 4.69) is 21.2 Å². The van der Waals surface area contributed by atoms with Gasteiger partial charge in [-0.15, -0.1) is 0 Å². The number of benzene rings is 1. The molecule has 0 heterocycles. The molecule has 0 aliphatic rings. The molecule has 0 aromatic heterocycles. The molecule has 0 bridgehead atoms. The summed E-state index contributed by atoms with van der Waals surface area (Å²) in [6.07, 6.45) is 0.865. The third kappa shape index (κ3) is 2.70. The first-order valence-electron chi connectivity index (χ1n) is 4.72. The van der Waals surface area contributed by atoms with Gasteiger partial charge in [-0.1, -0.05) is 6.92 Å². The van der Waals surface area contributed by atoms with Crippen LogP contribution in [0.3, 0.4) is 0 Å². The summed E-state index contributed by atoms with van der Waals surface area (Å²) in [4.78, 5) is 10.3. The number of rotatable bonds is 4. The lowest BCUT2D eigenvalue weighted by molar-refractivity contribution is -0.384. The highest BCUT2D eigenvalue weighted by Gasteiger charge is 2.18. The van der Waals surface area contributed by atoms with Gasteiger partial charge in [0.15, 0.2) is 0 Å². The fourth-order valence-electron chi connectivity index (χ4n) is 1.23. The van der Waals surface area contributed by atoms with E-state index in [1.54, 1.807) is 6.07 Å². The van der Waals surface area contributed by atoms with Crippen molar-refractivity contribution in [2.75, 3.05) is 11.9 Å². The zero-order chi connectivity index (χ0) is 12.1. The maximum absolute atomic E-state index is 10.8. The number of nitro groups is 1. The van der Waals surface area contributed by atoms with E-state index >= 15 is 0 Å². The molecule has 0 aliphatic carbocycles. The van der Waals surface area contributed by atoms with Gasteiger partial charge in [0.1, 0.15) is 5.69 Å². The minimum atomic E-state index is -0.496. The van der Waals surface area contributed by atoms with Gasteiger partial charge >= 0.3 is 0 Å². The molecule has 0 saturated carbocycles. The standard InChI is InChI=1S/C10H10BrN3O2/c1-2-3-13-10-8(11)4-7(6-12)5-9(10)14(15)16/h4-5,13H,2-3H2,1H3. The van der Waals surface area contributed by atoms with Crippen molar-refractivity contribution >= 4 is 27.3 Å². The van der Waals surface area contributed by atoms with Gasteiger partial charge in [-0.3, -0.25) is 10.1 Å². The molecular weight excluding hydrogens is 274 g/mol. The van der Waals surface area contributed by atoms with E-state index in [1.165, 1.54) is 6.07 Å². The van der Waals surface area contributed by atoms with Crippen molar-refractivity contribution in [3.05, 3.63) is 32.3 Å². The monoisotopic (exact) mass is 283 g/mol. The number of nitrogens with zero attached hydrogens (tertiary/aromatic N) is 2. The molecule has 1 aromatic rings. The number of nitriles is 1. The second-order valence-electron chi connectivity index (χ2n) is 3.15.